The van der Waals surface area contributed by atoms with Crippen molar-refractivity contribution in [3.8, 4) is 0 Å². The molecule has 2 nitrogen and oxygen atoms in total. The Morgan fingerprint density at radius 1 is 1.33 bits per heavy atom. The van der Waals surface area contributed by atoms with Crippen molar-refractivity contribution in [2.24, 2.45) is 0 Å². The molecule has 2 unspecified atom stereocenters. The van der Waals surface area contributed by atoms with Crippen LogP contribution < -0.4 is 5.32 Å². The topological polar surface area (TPSA) is 24.9 Å². The van der Waals surface area contributed by atoms with Crippen LogP contribution in [-0.4, -0.2) is 16.4 Å². The first-order valence-electron chi connectivity index (χ1n) is 5.26. The van der Waals surface area contributed by atoms with E-state index in [1.807, 2.05) is 12.1 Å². The molecule has 0 aromatic carbocycles. The van der Waals surface area contributed by atoms with E-state index in [-0.39, 0.29) is 0 Å². The smallest absolute Gasteiger partial charge is 0.126 e. The summed E-state index contributed by atoms with van der Waals surface area (Å²) in [7, 11) is 0. The summed E-state index contributed by atoms with van der Waals surface area (Å²) in [4.78, 5) is 4.21. The molecule has 1 N–H and O–H groups in total. The van der Waals surface area contributed by atoms with Crippen LogP contribution in [0, 0.1) is 0 Å². The molecule has 0 radical (unpaired) electrons. The zero-order chi connectivity index (χ0) is 10.7. The standard InChI is InChI=1S/C11H14Cl2N2/c12-8-2-1-3-10(6-8)15-11-5-4-9(13)7-14-11/h4-5,7-8,10H,1-3,6H2,(H,14,15). The number of hydrogen-bond acceptors (Lipinski definition) is 2. The Labute approximate surface area is 100.0 Å². The number of nitrogens with one attached hydrogen (secondary N) is 1. The van der Waals surface area contributed by atoms with Gasteiger partial charge < -0.3 is 5.32 Å². The van der Waals surface area contributed by atoms with Gasteiger partial charge in [0, 0.05) is 17.6 Å². The van der Waals surface area contributed by atoms with Gasteiger partial charge in [-0.2, -0.15) is 0 Å². The van der Waals surface area contributed by atoms with Gasteiger partial charge in [0.05, 0.1) is 5.02 Å². The second-order valence-corrected chi connectivity index (χ2v) is 5.02. The molecule has 0 spiro atoms. The predicted octanol–water partition coefficient (Wildman–Crippen LogP) is 3.70. The van der Waals surface area contributed by atoms with Gasteiger partial charge in [0.2, 0.25) is 0 Å². The first-order chi connectivity index (χ1) is 7.24. The minimum atomic E-state index is 0.309. The lowest BCUT2D eigenvalue weighted by atomic mass is 9.95. The van der Waals surface area contributed by atoms with Gasteiger partial charge in [-0.3, -0.25) is 0 Å². The van der Waals surface area contributed by atoms with Crippen LogP contribution in [0.15, 0.2) is 18.3 Å². The molecule has 1 fully saturated rings. The maximum absolute atomic E-state index is 6.12. The van der Waals surface area contributed by atoms with E-state index >= 15 is 0 Å². The van der Waals surface area contributed by atoms with Crippen molar-refractivity contribution in [2.45, 2.75) is 37.1 Å². The largest absolute Gasteiger partial charge is 0.367 e. The van der Waals surface area contributed by atoms with E-state index < -0.39 is 0 Å². The second kappa shape index (κ2) is 5.04. The van der Waals surface area contributed by atoms with Gasteiger partial charge in [-0.15, -0.1) is 11.6 Å². The van der Waals surface area contributed by atoms with Crippen LogP contribution in [0.3, 0.4) is 0 Å². The molecule has 82 valence electrons. The summed E-state index contributed by atoms with van der Waals surface area (Å²) < 4.78 is 0. The average molecular weight is 245 g/mol. The highest BCUT2D eigenvalue weighted by Gasteiger charge is 2.20. The first kappa shape index (κ1) is 11.0. The van der Waals surface area contributed by atoms with E-state index in [0.717, 1.165) is 18.7 Å². The highest BCUT2D eigenvalue weighted by atomic mass is 35.5. The molecule has 1 heterocycles. The highest BCUT2D eigenvalue weighted by molar-refractivity contribution is 6.30. The van der Waals surface area contributed by atoms with Crippen LogP contribution in [0.5, 0.6) is 0 Å². The summed E-state index contributed by atoms with van der Waals surface area (Å²) in [6.07, 6.45) is 6.18. The molecule has 1 aromatic rings. The van der Waals surface area contributed by atoms with Crippen LogP contribution >= 0.6 is 23.2 Å². The Morgan fingerprint density at radius 3 is 2.87 bits per heavy atom. The number of anilines is 1. The molecule has 2 atom stereocenters. The number of aromatic nitrogens is 1. The molecule has 0 aliphatic heterocycles. The van der Waals surface area contributed by atoms with Crippen molar-refractivity contribution in [1.82, 2.24) is 4.98 Å². The van der Waals surface area contributed by atoms with E-state index in [0.29, 0.717) is 16.4 Å². The fourth-order valence-electron chi connectivity index (χ4n) is 1.93. The Bertz CT molecular complexity index is 313. The maximum atomic E-state index is 6.12. The van der Waals surface area contributed by atoms with Crippen molar-refractivity contribution in [1.29, 1.82) is 0 Å². The van der Waals surface area contributed by atoms with Crippen molar-refractivity contribution < 1.29 is 0 Å². The maximum Gasteiger partial charge on any atom is 0.126 e. The molecular weight excluding hydrogens is 231 g/mol. The van der Waals surface area contributed by atoms with Crippen molar-refractivity contribution in [2.75, 3.05) is 5.32 Å². The van der Waals surface area contributed by atoms with Crippen LogP contribution in [0.25, 0.3) is 0 Å². The summed E-state index contributed by atoms with van der Waals surface area (Å²) in [6.45, 7) is 0. The van der Waals surface area contributed by atoms with Crippen LogP contribution in [0.1, 0.15) is 25.7 Å². The highest BCUT2D eigenvalue weighted by Crippen LogP contribution is 2.25. The molecule has 1 aliphatic carbocycles. The van der Waals surface area contributed by atoms with Crippen LogP contribution in [0.4, 0.5) is 5.82 Å². The van der Waals surface area contributed by atoms with Gasteiger partial charge in [0.25, 0.3) is 0 Å². The quantitative estimate of drug-likeness (QED) is 0.803. The van der Waals surface area contributed by atoms with E-state index in [4.69, 9.17) is 23.2 Å². The number of halogens is 2. The zero-order valence-electron chi connectivity index (χ0n) is 8.42. The normalized spacial score (nSPS) is 26.3. The molecule has 1 saturated carbocycles. The van der Waals surface area contributed by atoms with Crippen LogP contribution in [-0.2, 0) is 0 Å². The Morgan fingerprint density at radius 2 is 2.20 bits per heavy atom. The lowest BCUT2D eigenvalue weighted by Crippen LogP contribution is -2.27. The van der Waals surface area contributed by atoms with Gasteiger partial charge >= 0.3 is 0 Å². The van der Waals surface area contributed by atoms with E-state index in [1.54, 1.807) is 6.20 Å². The van der Waals surface area contributed by atoms with E-state index in [9.17, 15) is 0 Å². The summed E-state index contributed by atoms with van der Waals surface area (Å²) in [5.74, 6) is 0.884. The molecule has 0 amide bonds. The zero-order valence-corrected chi connectivity index (χ0v) is 9.93. The van der Waals surface area contributed by atoms with E-state index in [1.165, 1.54) is 12.8 Å². The summed E-state index contributed by atoms with van der Waals surface area (Å²) in [5, 5.41) is 4.36. The number of rotatable bonds is 2. The molecule has 4 heteroatoms. The number of pyridine rings is 1. The second-order valence-electron chi connectivity index (χ2n) is 3.97. The third-order valence-corrected chi connectivity index (χ3v) is 3.31. The Kier molecular flexibility index (Phi) is 3.71. The molecule has 2 rings (SSSR count). The number of alkyl halides is 1. The molecule has 1 aliphatic rings. The van der Waals surface area contributed by atoms with Gasteiger partial charge in [-0.05, 0) is 37.8 Å². The SMILES string of the molecule is Clc1ccc(NC2CCCC(Cl)C2)nc1. The minimum absolute atomic E-state index is 0.309. The van der Waals surface area contributed by atoms with Gasteiger partial charge in [0.1, 0.15) is 5.82 Å². The van der Waals surface area contributed by atoms with E-state index in [2.05, 4.69) is 10.3 Å². The van der Waals surface area contributed by atoms with Crippen molar-refractivity contribution >= 4 is 29.0 Å². The third kappa shape index (κ3) is 3.25. The summed E-state index contributed by atoms with van der Waals surface area (Å²) >= 11 is 11.9. The van der Waals surface area contributed by atoms with Crippen molar-refractivity contribution in [3.05, 3.63) is 23.4 Å². The third-order valence-electron chi connectivity index (χ3n) is 2.69. The Balaban J connectivity index is 1.93. The predicted molar refractivity (Wildman–Crippen MR) is 64.8 cm³/mol. The lowest BCUT2D eigenvalue weighted by Gasteiger charge is -2.26. The fraction of sp³-hybridized carbons (Fsp3) is 0.545. The monoisotopic (exact) mass is 244 g/mol. The lowest BCUT2D eigenvalue weighted by molar-refractivity contribution is 0.468. The average Bonchev–Trinajstić information content (AvgIpc) is 2.22. The van der Waals surface area contributed by atoms with Gasteiger partial charge in [-0.25, -0.2) is 4.98 Å². The molecule has 0 bridgehead atoms. The number of nitrogens with zero attached hydrogens (tertiary/aromatic N) is 1. The molecule has 0 saturated heterocycles. The number of hydrogen-bond donors (Lipinski definition) is 1. The minimum Gasteiger partial charge on any atom is -0.367 e. The molecule has 15 heavy (non-hydrogen) atoms. The van der Waals surface area contributed by atoms with Gasteiger partial charge in [-0.1, -0.05) is 11.6 Å². The summed E-state index contributed by atoms with van der Waals surface area (Å²) in [6, 6.07) is 4.20. The first-order valence-corrected chi connectivity index (χ1v) is 6.07. The Hall–Kier alpha value is -0.470. The van der Waals surface area contributed by atoms with Crippen molar-refractivity contribution in [3.63, 3.8) is 0 Å². The summed E-state index contributed by atoms with van der Waals surface area (Å²) in [5.41, 5.74) is 0. The molecule has 1 aromatic heterocycles. The molecular formula is C11H14Cl2N2. The van der Waals surface area contributed by atoms with Crippen LogP contribution in [0.2, 0.25) is 5.02 Å². The van der Waals surface area contributed by atoms with Gasteiger partial charge in [0.15, 0.2) is 0 Å². The fourth-order valence-corrected chi connectivity index (χ4v) is 2.41.